The number of guanidine groups is 1. The molecule has 1 aromatic rings. The van der Waals surface area contributed by atoms with E-state index in [1.807, 2.05) is 18.3 Å². The molecule has 0 bridgehead atoms. The topological polar surface area (TPSA) is 98.5 Å². The molecule has 3 rings (SSSR count). The molecule has 7 heteroatoms. The number of carbonyl (C=O) groups excluding carboxylic acids is 1. The highest BCUT2D eigenvalue weighted by Crippen LogP contribution is 2.45. The van der Waals surface area contributed by atoms with Crippen molar-refractivity contribution >= 4 is 11.9 Å². The van der Waals surface area contributed by atoms with Crippen LogP contribution in [0.1, 0.15) is 42.5 Å². The van der Waals surface area contributed by atoms with Gasteiger partial charge < -0.3 is 20.7 Å². The fourth-order valence-corrected chi connectivity index (χ4v) is 4.64. The van der Waals surface area contributed by atoms with Crippen molar-refractivity contribution in [3.63, 3.8) is 0 Å². The Balaban J connectivity index is 1.70. The summed E-state index contributed by atoms with van der Waals surface area (Å²) in [7, 11) is 3.33. The van der Waals surface area contributed by atoms with Crippen molar-refractivity contribution in [2.75, 3.05) is 20.7 Å². The first-order valence-electron chi connectivity index (χ1n) is 10.8. The SMILES string of the molecule is CN/C(=N\C#N)N[C@H]1CC[C@](CNC(=O)c2ccccc2OC)(C2C=CC=CC2)CC1. The Labute approximate surface area is 184 Å². The monoisotopic (exact) mass is 421 g/mol. The highest BCUT2D eigenvalue weighted by atomic mass is 16.5. The second kappa shape index (κ2) is 10.7. The van der Waals surface area contributed by atoms with Gasteiger partial charge in [-0.2, -0.15) is 5.26 Å². The number of nitrogens with zero attached hydrogens (tertiary/aromatic N) is 2. The van der Waals surface area contributed by atoms with Crippen LogP contribution >= 0.6 is 0 Å². The number of aliphatic imine (C=N–C) groups is 1. The quantitative estimate of drug-likeness (QED) is 0.372. The van der Waals surface area contributed by atoms with E-state index in [0.29, 0.717) is 29.7 Å². The second-order valence-electron chi connectivity index (χ2n) is 8.13. The molecule has 1 atom stereocenters. The minimum Gasteiger partial charge on any atom is -0.496 e. The van der Waals surface area contributed by atoms with E-state index in [1.54, 1.807) is 26.3 Å². The van der Waals surface area contributed by atoms with Crippen LogP contribution in [0.3, 0.4) is 0 Å². The predicted octanol–water partition coefficient (Wildman–Crippen LogP) is 3.13. The lowest BCUT2D eigenvalue weighted by molar-refractivity contribution is 0.0820. The number of nitriles is 1. The minimum absolute atomic E-state index is 0.0106. The van der Waals surface area contributed by atoms with Gasteiger partial charge >= 0.3 is 0 Å². The smallest absolute Gasteiger partial charge is 0.255 e. The van der Waals surface area contributed by atoms with E-state index in [1.165, 1.54) is 0 Å². The molecule has 164 valence electrons. The van der Waals surface area contributed by atoms with E-state index in [2.05, 4.69) is 45.2 Å². The Kier molecular flexibility index (Phi) is 7.71. The van der Waals surface area contributed by atoms with Crippen LogP contribution in [0.5, 0.6) is 5.75 Å². The molecule has 2 aliphatic carbocycles. The molecule has 1 saturated carbocycles. The third-order valence-electron chi connectivity index (χ3n) is 6.44. The maximum Gasteiger partial charge on any atom is 0.255 e. The Morgan fingerprint density at radius 2 is 2.06 bits per heavy atom. The summed E-state index contributed by atoms with van der Waals surface area (Å²) in [4.78, 5) is 16.7. The van der Waals surface area contributed by atoms with E-state index >= 15 is 0 Å². The van der Waals surface area contributed by atoms with E-state index in [4.69, 9.17) is 10.00 Å². The summed E-state index contributed by atoms with van der Waals surface area (Å²) in [5.41, 5.74) is 0.546. The number of ether oxygens (including phenoxy) is 1. The summed E-state index contributed by atoms with van der Waals surface area (Å²) in [5, 5.41) is 18.3. The number of nitrogens with one attached hydrogen (secondary N) is 3. The average Bonchev–Trinajstić information content (AvgIpc) is 2.83. The molecule has 1 amide bonds. The van der Waals surface area contributed by atoms with Crippen LogP contribution in [0.4, 0.5) is 0 Å². The van der Waals surface area contributed by atoms with Crippen LogP contribution in [-0.4, -0.2) is 38.6 Å². The lowest BCUT2D eigenvalue weighted by Crippen LogP contribution is -2.49. The van der Waals surface area contributed by atoms with Crippen LogP contribution in [0.15, 0.2) is 53.6 Å². The molecule has 0 spiro atoms. The number of rotatable bonds is 6. The number of hydrogen-bond acceptors (Lipinski definition) is 4. The van der Waals surface area contributed by atoms with Gasteiger partial charge in [-0.1, -0.05) is 36.4 Å². The van der Waals surface area contributed by atoms with E-state index < -0.39 is 0 Å². The van der Waals surface area contributed by atoms with Crippen LogP contribution in [0.25, 0.3) is 0 Å². The summed E-state index contributed by atoms with van der Waals surface area (Å²) in [6.45, 7) is 0.616. The van der Waals surface area contributed by atoms with E-state index in [-0.39, 0.29) is 17.4 Å². The largest absolute Gasteiger partial charge is 0.496 e. The zero-order chi connectivity index (χ0) is 22.1. The van der Waals surface area contributed by atoms with Crippen molar-refractivity contribution in [2.24, 2.45) is 16.3 Å². The summed E-state index contributed by atoms with van der Waals surface area (Å²) in [6.07, 6.45) is 15.3. The van der Waals surface area contributed by atoms with Crippen molar-refractivity contribution in [2.45, 2.75) is 38.1 Å². The summed E-state index contributed by atoms with van der Waals surface area (Å²) < 4.78 is 5.35. The Morgan fingerprint density at radius 3 is 2.71 bits per heavy atom. The molecule has 31 heavy (non-hydrogen) atoms. The lowest BCUT2D eigenvalue weighted by atomic mass is 9.63. The molecular formula is C24H31N5O2. The number of para-hydroxylation sites is 1. The molecule has 0 heterocycles. The first-order chi connectivity index (χ1) is 15.1. The van der Waals surface area contributed by atoms with Crippen molar-refractivity contribution in [1.82, 2.24) is 16.0 Å². The molecule has 7 nitrogen and oxygen atoms in total. The number of allylic oxidation sites excluding steroid dienone is 4. The first kappa shape index (κ1) is 22.4. The summed E-state index contributed by atoms with van der Waals surface area (Å²) >= 11 is 0. The fraction of sp³-hybridized carbons (Fsp3) is 0.458. The number of methoxy groups -OCH3 is 1. The molecule has 2 aliphatic rings. The van der Waals surface area contributed by atoms with Gasteiger partial charge in [0, 0.05) is 19.6 Å². The van der Waals surface area contributed by atoms with Crippen molar-refractivity contribution in [1.29, 1.82) is 5.26 Å². The van der Waals surface area contributed by atoms with Crippen molar-refractivity contribution < 1.29 is 9.53 Å². The van der Waals surface area contributed by atoms with Crippen LogP contribution in [0.2, 0.25) is 0 Å². The van der Waals surface area contributed by atoms with Gasteiger partial charge in [0.1, 0.15) is 5.75 Å². The highest BCUT2D eigenvalue weighted by Gasteiger charge is 2.41. The molecule has 1 aromatic carbocycles. The molecule has 0 aliphatic heterocycles. The molecule has 0 radical (unpaired) electrons. The number of carbonyl (C=O) groups is 1. The van der Waals surface area contributed by atoms with Crippen LogP contribution in [-0.2, 0) is 0 Å². The van der Waals surface area contributed by atoms with Crippen LogP contribution < -0.4 is 20.7 Å². The van der Waals surface area contributed by atoms with E-state index in [0.717, 1.165) is 32.1 Å². The van der Waals surface area contributed by atoms with Gasteiger partial charge in [-0.15, -0.1) is 4.99 Å². The first-order valence-corrected chi connectivity index (χ1v) is 10.8. The van der Waals surface area contributed by atoms with Crippen molar-refractivity contribution in [3.8, 4) is 11.9 Å². The van der Waals surface area contributed by atoms with Gasteiger partial charge in [0.25, 0.3) is 5.91 Å². The normalized spacial score (nSPS) is 25.4. The highest BCUT2D eigenvalue weighted by molar-refractivity contribution is 5.96. The summed E-state index contributed by atoms with van der Waals surface area (Å²) in [6, 6.07) is 7.55. The standard InChI is InChI=1S/C24H31N5O2/c1-26-23(28-17-25)29-19-12-14-24(15-13-19,18-8-4-3-5-9-18)16-27-22(30)20-10-6-7-11-21(20)31-2/h3-8,10-11,18-19H,9,12-16H2,1-2H3,(H,27,30)(H2,26,28,29)/t18?,19-,24-. The average molecular weight is 422 g/mol. The predicted molar refractivity (Wildman–Crippen MR) is 122 cm³/mol. The molecule has 1 unspecified atom stereocenters. The molecular weight excluding hydrogens is 390 g/mol. The van der Waals surface area contributed by atoms with Gasteiger partial charge in [-0.3, -0.25) is 4.79 Å². The molecule has 0 saturated heterocycles. The van der Waals surface area contributed by atoms with Gasteiger partial charge in [0.2, 0.25) is 12.2 Å². The number of benzene rings is 1. The Morgan fingerprint density at radius 1 is 1.29 bits per heavy atom. The van der Waals surface area contributed by atoms with Gasteiger partial charge in [0.15, 0.2) is 0 Å². The maximum atomic E-state index is 12.9. The summed E-state index contributed by atoms with van der Waals surface area (Å²) in [5.74, 6) is 1.36. The van der Waals surface area contributed by atoms with Crippen LogP contribution in [0, 0.1) is 22.8 Å². The fourth-order valence-electron chi connectivity index (χ4n) is 4.64. The lowest BCUT2D eigenvalue weighted by Gasteiger charge is -2.45. The van der Waals surface area contributed by atoms with E-state index in [9.17, 15) is 4.79 Å². The molecule has 0 aromatic heterocycles. The third kappa shape index (κ3) is 5.46. The maximum absolute atomic E-state index is 12.9. The number of hydrogen-bond donors (Lipinski definition) is 3. The Bertz CT molecular complexity index is 891. The second-order valence-corrected chi connectivity index (χ2v) is 8.13. The minimum atomic E-state index is -0.106. The van der Waals surface area contributed by atoms with Crippen molar-refractivity contribution in [3.05, 3.63) is 54.1 Å². The van der Waals surface area contributed by atoms with Gasteiger partial charge in [0.05, 0.1) is 12.7 Å². The molecule has 1 fully saturated rings. The zero-order valence-electron chi connectivity index (χ0n) is 18.2. The van der Waals surface area contributed by atoms with Gasteiger partial charge in [-0.25, -0.2) is 0 Å². The molecule has 3 N–H and O–H groups in total. The van der Waals surface area contributed by atoms with Gasteiger partial charge in [-0.05, 0) is 55.6 Å². The third-order valence-corrected chi connectivity index (χ3v) is 6.44. The number of amides is 1. The zero-order valence-corrected chi connectivity index (χ0v) is 18.2. The Hall–Kier alpha value is -3.27.